The molecule has 1 aromatic carbocycles. The first-order valence-corrected chi connectivity index (χ1v) is 7.30. The van der Waals surface area contributed by atoms with E-state index in [1.54, 1.807) is 16.8 Å². The minimum Gasteiger partial charge on any atom is -0.388 e. The minimum absolute atomic E-state index is 0.303. The van der Waals surface area contributed by atoms with Crippen LogP contribution in [0.25, 0.3) is 0 Å². The summed E-state index contributed by atoms with van der Waals surface area (Å²) in [5, 5.41) is 14.5. The number of aryl methyl sites for hydroxylation is 2. The lowest BCUT2D eigenvalue weighted by Gasteiger charge is -2.13. The van der Waals surface area contributed by atoms with Crippen LogP contribution in [0.2, 0.25) is 0 Å². The van der Waals surface area contributed by atoms with Crippen molar-refractivity contribution in [1.82, 2.24) is 9.78 Å². The fraction of sp³-hybridized carbons (Fsp3) is 0.308. The molecule has 6 heteroatoms. The number of benzene rings is 1. The molecule has 1 heterocycles. The molecule has 0 saturated heterocycles. The molecule has 1 atom stereocenters. The molecule has 1 unspecified atom stereocenters. The van der Waals surface area contributed by atoms with Crippen molar-refractivity contribution in [2.45, 2.75) is 19.4 Å². The molecule has 1 aromatic heterocycles. The third-order valence-electron chi connectivity index (χ3n) is 2.99. The number of rotatable bonds is 3. The molecule has 102 valence electrons. The summed E-state index contributed by atoms with van der Waals surface area (Å²) in [6, 6.07) is 4.64. The predicted molar refractivity (Wildman–Crippen MR) is 78.4 cm³/mol. The fourth-order valence-corrected chi connectivity index (χ4v) is 3.00. The number of hydrogen-bond donors (Lipinski definition) is 1. The van der Waals surface area contributed by atoms with Crippen molar-refractivity contribution in [3.05, 3.63) is 49.9 Å². The molecule has 2 aromatic rings. The fourth-order valence-electron chi connectivity index (χ4n) is 1.97. The maximum absolute atomic E-state index is 13.5. The highest BCUT2D eigenvalue weighted by atomic mass is 79.9. The number of aromatic nitrogens is 2. The smallest absolute Gasteiger partial charge is 0.137 e. The van der Waals surface area contributed by atoms with Crippen LogP contribution in [0, 0.1) is 12.7 Å². The Labute approximate surface area is 127 Å². The van der Waals surface area contributed by atoms with Gasteiger partial charge in [-0.2, -0.15) is 5.10 Å². The van der Waals surface area contributed by atoms with Crippen molar-refractivity contribution >= 4 is 31.9 Å². The molecule has 19 heavy (non-hydrogen) atoms. The Morgan fingerprint density at radius 2 is 2.05 bits per heavy atom. The van der Waals surface area contributed by atoms with Gasteiger partial charge in [-0.05, 0) is 50.4 Å². The van der Waals surface area contributed by atoms with E-state index in [9.17, 15) is 9.50 Å². The highest BCUT2D eigenvalue weighted by Crippen LogP contribution is 2.30. The third kappa shape index (κ3) is 2.90. The largest absolute Gasteiger partial charge is 0.388 e. The second kappa shape index (κ2) is 5.73. The maximum atomic E-state index is 13.5. The summed E-state index contributed by atoms with van der Waals surface area (Å²) < 4.78 is 16.4. The minimum atomic E-state index is -0.795. The molecular formula is C13H13Br2FN2O. The van der Waals surface area contributed by atoms with Crippen LogP contribution in [-0.2, 0) is 13.5 Å². The second-order valence-electron chi connectivity index (χ2n) is 4.33. The van der Waals surface area contributed by atoms with Crippen molar-refractivity contribution in [2.75, 3.05) is 0 Å². The van der Waals surface area contributed by atoms with Gasteiger partial charge >= 0.3 is 0 Å². The Hall–Kier alpha value is -0.720. The monoisotopic (exact) mass is 390 g/mol. The van der Waals surface area contributed by atoms with Gasteiger partial charge in [-0.3, -0.25) is 4.68 Å². The maximum Gasteiger partial charge on any atom is 0.137 e. The number of nitrogens with zero attached hydrogens (tertiary/aromatic N) is 2. The molecule has 0 radical (unpaired) electrons. The van der Waals surface area contributed by atoms with Crippen molar-refractivity contribution in [1.29, 1.82) is 0 Å². The summed E-state index contributed by atoms with van der Waals surface area (Å²) in [6.45, 7) is 1.89. The Bertz CT molecular complexity index is 613. The molecular weight excluding hydrogens is 379 g/mol. The molecule has 0 spiro atoms. The van der Waals surface area contributed by atoms with Crippen molar-refractivity contribution in [3.63, 3.8) is 0 Å². The third-order valence-corrected chi connectivity index (χ3v) is 4.86. The first kappa shape index (κ1) is 14.7. The standard InChI is InChI=1S/C13H13Br2FN2O/c1-7-12(14)10(18(2)17-7)6-11(19)8-4-3-5-9(16)13(8)15/h3-5,11,19H,6H2,1-2H3. The Kier molecular flexibility index (Phi) is 4.43. The van der Waals surface area contributed by atoms with Gasteiger partial charge in [-0.25, -0.2) is 4.39 Å². The highest BCUT2D eigenvalue weighted by Gasteiger charge is 2.19. The van der Waals surface area contributed by atoms with E-state index in [0.717, 1.165) is 15.9 Å². The molecule has 0 saturated carbocycles. The van der Waals surface area contributed by atoms with Gasteiger partial charge in [0, 0.05) is 13.5 Å². The van der Waals surface area contributed by atoms with E-state index >= 15 is 0 Å². The molecule has 0 bridgehead atoms. The summed E-state index contributed by atoms with van der Waals surface area (Å²) in [4.78, 5) is 0. The average molecular weight is 392 g/mol. The molecule has 3 nitrogen and oxygen atoms in total. The van der Waals surface area contributed by atoms with Crippen LogP contribution in [-0.4, -0.2) is 14.9 Å². The number of aliphatic hydroxyl groups excluding tert-OH is 1. The Morgan fingerprint density at radius 3 is 2.63 bits per heavy atom. The summed E-state index contributed by atoms with van der Waals surface area (Å²) in [5.74, 6) is -0.378. The first-order valence-electron chi connectivity index (χ1n) is 5.71. The van der Waals surface area contributed by atoms with Crippen LogP contribution in [0.3, 0.4) is 0 Å². The normalized spacial score (nSPS) is 12.7. The SMILES string of the molecule is Cc1nn(C)c(CC(O)c2cccc(F)c2Br)c1Br. The van der Waals surface area contributed by atoms with Gasteiger partial charge in [0.2, 0.25) is 0 Å². The lowest BCUT2D eigenvalue weighted by Crippen LogP contribution is -2.08. The molecule has 0 aliphatic rings. The highest BCUT2D eigenvalue weighted by molar-refractivity contribution is 9.10. The van der Waals surface area contributed by atoms with Gasteiger partial charge in [0.25, 0.3) is 0 Å². The van der Waals surface area contributed by atoms with Crippen LogP contribution in [0.5, 0.6) is 0 Å². The van der Waals surface area contributed by atoms with Crippen LogP contribution < -0.4 is 0 Å². The van der Waals surface area contributed by atoms with E-state index in [-0.39, 0.29) is 5.82 Å². The molecule has 0 fully saturated rings. The van der Waals surface area contributed by atoms with Gasteiger partial charge in [0.15, 0.2) is 0 Å². The first-order chi connectivity index (χ1) is 8.91. The summed E-state index contributed by atoms with van der Waals surface area (Å²) >= 11 is 6.62. The van der Waals surface area contributed by atoms with Gasteiger partial charge < -0.3 is 5.11 Å². The van der Waals surface area contributed by atoms with Crippen LogP contribution in [0.1, 0.15) is 23.1 Å². The van der Waals surface area contributed by atoms with E-state index in [0.29, 0.717) is 16.5 Å². The Morgan fingerprint density at radius 1 is 1.37 bits per heavy atom. The molecule has 0 aliphatic carbocycles. The van der Waals surface area contributed by atoms with E-state index < -0.39 is 6.10 Å². The molecule has 0 aliphatic heterocycles. The van der Waals surface area contributed by atoms with Crippen molar-refractivity contribution in [3.8, 4) is 0 Å². The van der Waals surface area contributed by atoms with Gasteiger partial charge in [-0.1, -0.05) is 12.1 Å². The number of halogens is 3. The molecule has 1 N–H and O–H groups in total. The van der Waals surface area contributed by atoms with Crippen LogP contribution >= 0.6 is 31.9 Å². The van der Waals surface area contributed by atoms with Crippen LogP contribution in [0.4, 0.5) is 4.39 Å². The number of aliphatic hydroxyl groups is 1. The molecule has 2 rings (SSSR count). The van der Waals surface area contributed by atoms with E-state index in [1.165, 1.54) is 6.07 Å². The van der Waals surface area contributed by atoms with E-state index in [2.05, 4.69) is 37.0 Å². The Balaban J connectivity index is 2.31. The van der Waals surface area contributed by atoms with E-state index in [4.69, 9.17) is 0 Å². The van der Waals surface area contributed by atoms with Gasteiger partial charge in [0.05, 0.1) is 26.4 Å². The lowest BCUT2D eigenvalue weighted by molar-refractivity contribution is 0.174. The average Bonchev–Trinajstić information content (AvgIpc) is 2.59. The predicted octanol–water partition coefficient (Wildman–Crippen LogP) is 3.67. The zero-order valence-electron chi connectivity index (χ0n) is 10.5. The number of hydrogen-bond acceptors (Lipinski definition) is 2. The summed E-state index contributed by atoms with van der Waals surface area (Å²) in [6.07, 6.45) is -0.434. The van der Waals surface area contributed by atoms with Crippen molar-refractivity contribution < 1.29 is 9.50 Å². The lowest BCUT2D eigenvalue weighted by atomic mass is 10.0. The van der Waals surface area contributed by atoms with Crippen molar-refractivity contribution in [2.24, 2.45) is 7.05 Å². The second-order valence-corrected chi connectivity index (χ2v) is 5.92. The van der Waals surface area contributed by atoms with Gasteiger partial charge in [0.1, 0.15) is 5.82 Å². The zero-order chi connectivity index (χ0) is 14.2. The quantitative estimate of drug-likeness (QED) is 0.866. The van der Waals surface area contributed by atoms with E-state index in [1.807, 2.05) is 14.0 Å². The van der Waals surface area contributed by atoms with Crippen LogP contribution in [0.15, 0.2) is 27.1 Å². The zero-order valence-corrected chi connectivity index (χ0v) is 13.7. The molecule has 0 amide bonds. The summed E-state index contributed by atoms with van der Waals surface area (Å²) in [7, 11) is 1.82. The van der Waals surface area contributed by atoms with Gasteiger partial charge in [-0.15, -0.1) is 0 Å². The topological polar surface area (TPSA) is 38.0 Å². The summed E-state index contributed by atoms with van der Waals surface area (Å²) in [5.41, 5.74) is 2.27.